The van der Waals surface area contributed by atoms with Crippen LogP contribution in [-0.4, -0.2) is 35.5 Å². The van der Waals surface area contributed by atoms with Crippen LogP contribution in [0.4, 0.5) is 0 Å². The number of phenols is 1. The van der Waals surface area contributed by atoms with E-state index in [4.69, 9.17) is 5.73 Å². The summed E-state index contributed by atoms with van der Waals surface area (Å²) in [5.41, 5.74) is 6.82. The number of aryl methyl sites for hydroxylation is 1. The van der Waals surface area contributed by atoms with E-state index in [1.54, 1.807) is 17.0 Å². The third-order valence-electron chi connectivity index (χ3n) is 2.96. The second-order valence-corrected chi connectivity index (χ2v) is 4.33. The first-order valence-corrected chi connectivity index (χ1v) is 5.40. The lowest BCUT2D eigenvalue weighted by atomic mass is 9.98. The van der Waals surface area contributed by atoms with E-state index in [2.05, 4.69) is 0 Å². The normalized spacial score (nSPS) is 16.0. The second-order valence-electron chi connectivity index (χ2n) is 4.33. The Kier molecular flexibility index (Phi) is 2.83. The number of rotatable bonds is 2. The van der Waals surface area contributed by atoms with E-state index in [9.17, 15) is 9.90 Å². The van der Waals surface area contributed by atoms with Crippen LogP contribution in [0.1, 0.15) is 15.9 Å². The molecule has 86 valence electrons. The Bertz CT molecular complexity index is 411. The van der Waals surface area contributed by atoms with Crippen molar-refractivity contribution in [2.24, 2.45) is 11.7 Å². The maximum Gasteiger partial charge on any atom is 0.257 e. The van der Waals surface area contributed by atoms with Gasteiger partial charge in [-0.05, 0) is 31.2 Å². The number of carbonyl (C=O) groups excluding carboxylic acids is 1. The van der Waals surface area contributed by atoms with Gasteiger partial charge < -0.3 is 15.7 Å². The summed E-state index contributed by atoms with van der Waals surface area (Å²) in [5, 5.41) is 9.68. The predicted octanol–water partition coefficient (Wildman–Crippen LogP) is 0.731. The molecule has 0 aromatic heterocycles. The molecular weight excluding hydrogens is 204 g/mol. The number of aromatic hydroxyl groups is 1. The van der Waals surface area contributed by atoms with E-state index < -0.39 is 0 Å². The average molecular weight is 220 g/mol. The SMILES string of the molecule is Cc1ccc(C(=O)N2CC(CN)C2)c(O)c1. The summed E-state index contributed by atoms with van der Waals surface area (Å²) in [4.78, 5) is 13.7. The smallest absolute Gasteiger partial charge is 0.257 e. The Balaban J connectivity index is 2.10. The molecule has 0 unspecified atom stereocenters. The molecule has 1 aromatic rings. The standard InChI is InChI=1S/C12H16N2O2/c1-8-2-3-10(11(15)4-8)12(16)14-6-9(5-13)7-14/h2-4,9,15H,5-7,13H2,1H3. The Morgan fingerprint density at radius 1 is 1.56 bits per heavy atom. The van der Waals surface area contributed by atoms with Crippen LogP contribution in [0.3, 0.4) is 0 Å². The molecule has 0 radical (unpaired) electrons. The van der Waals surface area contributed by atoms with Crippen molar-refractivity contribution in [1.29, 1.82) is 0 Å². The molecule has 0 bridgehead atoms. The van der Waals surface area contributed by atoms with E-state index in [1.165, 1.54) is 0 Å². The molecule has 1 heterocycles. The molecule has 1 aromatic carbocycles. The lowest BCUT2D eigenvalue weighted by Gasteiger charge is -2.38. The number of phenolic OH excluding ortho intramolecular Hbond substituents is 1. The highest BCUT2D eigenvalue weighted by Crippen LogP contribution is 2.24. The lowest BCUT2D eigenvalue weighted by Crippen LogP contribution is -2.52. The quantitative estimate of drug-likeness (QED) is 0.772. The van der Waals surface area contributed by atoms with Crippen molar-refractivity contribution in [3.63, 3.8) is 0 Å². The molecule has 16 heavy (non-hydrogen) atoms. The molecule has 0 saturated carbocycles. The maximum absolute atomic E-state index is 11.9. The van der Waals surface area contributed by atoms with Crippen molar-refractivity contribution >= 4 is 5.91 Å². The van der Waals surface area contributed by atoms with Crippen molar-refractivity contribution < 1.29 is 9.90 Å². The Hall–Kier alpha value is -1.55. The summed E-state index contributed by atoms with van der Waals surface area (Å²) in [6.07, 6.45) is 0. The molecule has 0 atom stereocenters. The molecular formula is C12H16N2O2. The topological polar surface area (TPSA) is 66.6 Å². The molecule has 0 spiro atoms. The van der Waals surface area contributed by atoms with Gasteiger partial charge in [-0.2, -0.15) is 0 Å². The van der Waals surface area contributed by atoms with Crippen molar-refractivity contribution in [2.45, 2.75) is 6.92 Å². The number of nitrogens with zero attached hydrogens (tertiary/aromatic N) is 1. The predicted molar refractivity (Wildman–Crippen MR) is 61.3 cm³/mol. The highest BCUT2D eigenvalue weighted by atomic mass is 16.3. The number of carbonyl (C=O) groups is 1. The molecule has 1 fully saturated rings. The fraction of sp³-hybridized carbons (Fsp3) is 0.417. The van der Waals surface area contributed by atoms with Gasteiger partial charge in [0, 0.05) is 19.0 Å². The number of hydrogen-bond donors (Lipinski definition) is 2. The molecule has 1 aliphatic rings. The first kappa shape index (κ1) is 11.0. The van der Waals surface area contributed by atoms with Gasteiger partial charge in [0.15, 0.2) is 0 Å². The van der Waals surface area contributed by atoms with Gasteiger partial charge in [0.1, 0.15) is 5.75 Å². The largest absolute Gasteiger partial charge is 0.507 e. The van der Waals surface area contributed by atoms with Crippen LogP contribution in [0.2, 0.25) is 0 Å². The summed E-state index contributed by atoms with van der Waals surface area (Å²) in [6, 6.07) is 5.10. The molecule has 4 heteroatoms. The van der Waals surface area contributed by atoms with Gasteiger partial charge in [0.2, 0.25) is 0 Å². The van der Waals surface area contributed by atoms with Gasteiger partial charge in [-0.3, -0.25) is 4.79 Å². The summed E-state index contributed by atoms with van der Waals surface area (Å²) in [6.45, 7) is 3.89. The van der Waals surface area contributed by atoms with E-state index in [0.29, 0.717) is 31.1 Å². The molecule has 1 aliphatic heterocycles. The van der Waals surface area contributed by atoms with Gasteiger partial charge in [0.25, 0.3) is 5.91 Å². The molecule has 0 aliphatic carbocycles. The third-order valence-corrected chi connectivity index (χ3v) is 2.96. The minimum absolute atomic E-state index is 0.0567. The minimum atomic E-state index is -0.109. The number of nitrogens with two attached hydrogens (primary N) is 1. The van der Waals surface area contributed by atoms with Crippen LogP contribution >= 0.6 is 0 Å². The van der Waals surface area contributed by atoms with E-state index in [-0.39, 0.29) is 11.7 Å². The molecule has 1 saturated heterocycles. The zero-order chi connectivity index (χ0) is 11.7. The maximum atomic E-state index is 11.9. The summed E-state index contributed by atoms with van der Waals surface area (Å²) in [7, 11) is 0. The highest BCUT2D eigenvalue weighted by molar-refractivity contribution is 5.97. The van der Waals surface area contributed by atoms with Gasteiger partial charge in [-0.15, -0.1) is 0 Å². The first-order valence-electron chi connectivity index (χ1n) is 5.40. The minimum Gasteiger partial charge on any atom is -0.507 e. The Morgan fingerprint density at radius 3 is 2.81 bits per heavy atom. The zero-order valence-corrected chi connectivity index (χ0v) is 9.31. The Labute approximate surface area is 94.7 Å². The average Bonchev–Trinajstić information content (AvgIpc) is 2.15. The van der Waals surface area contributed by atoms with Crippen LogP contribution < -0.4 is 5.73 Å². The van der Waals surface area contributed by atoms with Crippen molar-refractivity contribution in [2.75, 3.05) is 19.6 Å². The van der Waals surface area contributed by atoms with Crippen molar-refractivity contribution in [3.8, 4) is 5.75 Å². The lowest BCUT2D eigenvalue weighted by molar-refractivity contribution is 0.0512. The van der Waals surface area contributed by atoms with Gasteiger partial charge in [-0.1, -0.05) is 6.07 Å². The van der Waals surface area contributed by atoms with E-state index in [1.807, 2.05) is 13.0 Å². The van der Waals surface area contributed by atoms with Crippen molar-refractivity contribution in [1.82, 2.24) is 4.90 Å². The van der Waals surface area contributed by atoms with E-state index >= 15 is 0 Å². The van der Waals surface area contributed by atoms with Crippen molar-refractivity contribution in [3.05, 3.63) is 29.3 Å². The zero-order valence-electron chi connectivity index (χ0n) is 9.31. The number of amides is 1. The van der Waals surface area contributed by atoms with Crippen LogP contribution in [0, 0.1) is 12.8 Å². The van der Waals surface area contributed by atoms with Crippen LogP contribution in [-0.2, 0) is 0 Å². The first-order chi connectivity index (χ1) is 7.61. The number of likely N-dealkylation sites (tertiary alicyclic amines) is 1. The monoisotopic (exact) mass is 220 g/mol. The summed E-state index contributed by atoms with van der Waals surface area (Å²) in [5.74, 6) is 0.361. The van der Waals surface area contributed by atoms with Gasteiger partial charge >= 0.3 is 0 Å². The summed E-state index contributed by atoms with van der Waals surface area (Å²) < 4.78 is 0. The van der Waals surface area contributed by atoms with E-state index in [0.717, 1.165) is 5.56 Å². The van der Waals surface area contributed by atoms with Crippen LogP contribution in [0.25, 0.3) is 0 Å². The molecule has 2 rings (SSSR count). The fourth-order valence-electron chi connectivity index (χ4n) is 1.88. The number of hydrogen-bond acceptors (Lipinski definition) is 3. The molecule has 3 N–H and O–H groups in total. The van der Waals surface area contributed by atoms with Gasteiger partial charge in [-0.25, -0.2) is 0 Å². The number of benzene rings is 1. The third kappa shape index (κ3) is 1.88. The second kappa shape index (κ2) is 4.14. The molecule has 4 nitrogen and oxygen atoms in total. The fourth-order valence-corrected chi connectivity index (χ4v) is 1.88. The van der Waals surface area contributed by atoms with Crippen LogP contribution in [0.5, 0.6) is 5.75 Å². The van der Waals surface area contributed by atoms with Gasteiger partial charge in [0.05, 0.1) is 5.56 Å². The summed E-state index contributed by atoms with van der Waals surface area (Å²) >= 11 is 0. The molecule has 1 amide bonds. The van der Waals surface area contributed by atoms with Crippen LogP contribution in [0.15, 0.2) is 18.2 Å². The highest BCUT2D eigenvalue weighted by Gasteiger charge is 2.31. The Morgan fingerprint density at radius 2 is 2.25 bits per heavy atom.